The van der Waals surface area contributed by atoms with Gasteiger partial charge in [0, 0.05) is 32.1 Å². The van der Waals surface area contributed by atoms with Crippen LogP contribution >= 0.6 is 0 Å². The van der Waals surface area contributed by atoms with Gasteiger partial charge in [0.15, 0.2) is 0 Å². The first-order valence-corrected chi connectivity index (χ1v) is 7.04. The summed E-state index contributed by atoms with van der Waals surface area (Å²) in [7, 11) is 0. The summed E-state index contributed by atoms with van der Waals surface area (Å²) >= 11 is 0. The number of rotatable bonds is 2. The molecule has 3 rings (SSSR count). The summed E-state index contributed by atoms with van der Waals surface area (Å²) in [4.78, 5) is 24.4. The van der Waals surface area contributed by atoms with E-state index in [1.165, 1.54) is 0 Å². The molecule has 0 spiro atoms. The Morgan fingerprint density at radius 2 is 1.90 bits per heavy atom. The number of hydrogen-bond donors (Lipinski definition) is 0. The fraction of sp³-hybridized carbons (Fsp3) is 0.571. The molecule has 2 aliphatic rings. The van der Waals surface area contributed by atoms with Gasteiger partial charge in [0.2, 0.25) is 11.9 Å². The van der Waals surface area contributed by atoms with Crippen molar-refractivity contribution in [3.05, 3.63) is 18.0 Å². The Hall–Kier alpha value is -2.16. The predicted octanol–water partition coefficient (Wildman–Crippen LogP) is 0.939. The van der Waals surface area contributed by atoms with E-state index in [0.717, 1.165) is 38.9 Å². The lowest BCUT2D eigenvalue weighted by atomic mass is 10.0. The van der Waals surface area contributed by atoms with Crippen LogP contribution in [0.3, 0.4) is 0 Å². The molecule has 3 heterocycles. The molecule has 0 aromatic carbocycles. The number of aromatic nitrogens is 2. The average molecular weight is 271 g/mol. The van der Waals surface area contributed by atoms with Gasteiger partial charge in [0.25, 0.3) is 0 Å². The number of nitrogens with zero attached hydrogens (tertiary/aromatic N) is 5. The van der Waals surface area contributed by atoms with E-state index in [4.69, 9.17) is 5.26 Å². The molecule has 0 N–H and O–H groups in total. The zero-order chi connectivity index (χ0) is 13.9. The molecule has 1 amide bonds. The van der Waals surface area contributed by atoms with Crippen LogP contribution < -0.4 is 4.90 Å². The van der Waals surface area contributed by atoms with Gasteiger partial charge < -0.3 is 9.80 Å². The van der Waals surface area contributed by atoms with Crippen LogP contribution in [0.4, 0.5) is 5.95 Å². The first-order chi connectivity index (χ1) is 9.78. The third-order valence-electron chi connectivity index (χ3n) is 4.07. The summed E-state index contributed by atoms with van der Waals surface area (Å²) in [6.07, 6.45) is 6.75. The van der Waals surface area contributed by atoms with Crippen molar-refractivity contribution < 1.29 is 4.79 Å². The summed E-state index contributed by atoms with van der Waals surface area (Å²) in [6, 6.07) is 2.39. The second kappa shape index (κ2) is 5.45. The summed E-state index contributed by atoms with van der Waals surface area (Å²) in [5.41, 5.74) is 0.478. The van der Waals surface area contributed by atoms with Crippen LogP contribution in [0.1, 0.15) is 31.2 Å². The lowest BCUT2D eigenvalue weighted by molar-refractivity contribution is -0.130. The molecule has 6 heteroatoms. The van der Waals surface area contributed by atoms with Gasteiger partial charge in [-0.2, -0.15) is 5.26 Å². The molecule has 6 nitrogen and oxygen atoms in total. The quantitative estimate of drug-likeness (QED) is 0.800. The van der Waals surface area contributed by atoms with E-state index in [0.29, 0.717) is 29.9 Å². The monoisotopic (exact) mass is 271 g/mol. The van der Waals surface area contributed by atoms with Crippen LogP contribution in [0.5, 0.6) is 0 Å². The Bertz CT molecular complexity index is 527. The first kappa shape index (κ1) is 12.9. The Labute approximate surface area is 118 Å². The molecular weight excluding hydrogens is 254 g/mol. The van der Waals surface area contributed by atoms with E-state index in [1.807, 2.05) is 11.0 Å². The third kappa shape index (κ3) is 2.44. The maximum atomic E-state index is 11.8. The fourth-order valence-corrected chi connectivity index (χ4v) is 2.97. The predicted molar refractivity (Wildman–Crippen MR) is 72.9 cm³/mol. The normalized spacial score (nSPS) is 20.2. The van der Waals surface area contributed by atoms with Crippen LogP contribution in [-0.2, 0) is 4.79 Å². The highest BCUT2D eigenvalue weighted by Gasteiger charge is 2.31. The number of amides is 1. The highest BCUT2D eigenvalue weighted by atomic mass is 16.2. The molecule has 0 bridgehead atoms. The number of nitriles is 1. The number of carbonyl (C=O) groups is 1. The number of likely N-dealkylation sites (tertiary alicyclic amines) is 1. The van der Waals surface area contributed by atoms with Crippen molar-refractivity contribution in [2.45, 2.75) is 31.7 Å². The van der Waals surface area contributed by atoms with Crippen LogP contribution in [0.25, 0.3) is 0 Å². The van der Waals surface area contributed by atoms with E-state index in [9.17, 15) is 4.79 Å². The van der Waals surface area contributed by atoms with Crippen molar-refractivity contribution in [1.82, 2.24) is 14.9 Å². The van der Waals surface area contributed by atoms with Crippen molar-refractivity contribution in [2.75, 3.05) is 24.5 Å². The van der Waals surface area contributed by atoms with Gasteiger partial charge in [-0.1, -0.05) is 0 Å². The van der Waals surface area contributed by atoms with Crippen LogP contribution in [0, 0.1) is 11.3 Å². The van der Waals surface area contributed by atoms with E-state index in [-0.39, 0.29) is 0 Å². The van der Waals surface area contributed by atoms with Gasteiger partial charge in [-0.3, -0.25) is 4.79 Å². The van der Waals surface area contributed by atoms with Crippen molar-refractivity contribution in [2.24, 2.45) is 0 Å². The van der Waals surface area contributed by atoms with Gasteiger partial charge in [-0.05, 0) is 19.3 Å². The van der Waals surface area contributed by atoms with Crippen LogP contribution in [0.2, 0.25) is 0 Å². The molecule has 2 aliphatic heterocycles. The minimum atomic E-state index is 0.304. The highest BCUT2D eigenvalue weighted by Crippen LogP contribution is 2.23. The topological polar surface area (TPSA) is 73.1 Å². The maximum Gasteiger partial charge on any atom is 0.225 e. The van der Waals surface area contributed by atoms with Gasteiger partial charge in [0.1, 0.15) is 6.07 Å². The summed E-state index contributed by atoms with van der Waals surface area (Å²) in [5.74, 6) is 0.980. The Morgan fingerprint density at radius 1 is 1.20 bits per heavy atom. The second-order valence-electron chi connectivity index (χ2n) is 5.29. The molecule has 0 unspecified atom stereocenters. The Kier molecular flexibility index (Phi) is 3.50. The Balaban J connectivity index is 1.60. The van der Waals surface area contributed by atoms with Crippen molar-refractivity contribution in [3.63, 3.8) is 0 Å². The molecule has 1 aromatic rings. The number of carbonyl (C=O) groups excluding carboxylic acids is 1. The minimum absolute atomic E-state index is 0.304. The highest BCUT2D eigenvalue weighted by molar-refractivity contribution is 5.78. The third-order valence-corrected chi connectivity index (χ3v) is 4.07. The van der Waals surface area contributed by atoms with Gasteiger partial charge >= 0.3 is 0 Å². The standard InChI is InChI=1S/C14H17N5O/c15-8-11-9-16-14(17-10-11)18-6-3-12(4-7-18)19-5-1-2-13(19)20/h9-10,12H,1-7H2. The van der Waals surface area contributed by atoms with E-state index in [1.54, 1.807) is 12.4 Å². The van der Waals surface area contributed by atoms with Crippen molar-refractivity contribution in [1.29, 1.82) is 5.26 Å². The van der Waals surface area contributed by atoms with Crippen molar-refractivity contribution >= 4 is 11.9 Å². The van der Waals surface area contributed by atoms with Crippen molar-refractivity contribution in [3.8, 4) is 6.07 Å². The molecule has 0 atom stereocenters. The molecular formula is C14H17N5O. The SMILES string of the molecule is N#Cc1cnc(N2CCC(N3CCCC3=O)CC2)nc1. The molecule has 2 fully saturated rings. The molecule has 0 aliphatic carbocycles. The van der Waals surface area contributed by atoms with E-state index < -0.39 is 0 Å². The Morgan fingerprint density at radius 3 is 2.45 bits per heavy atom. The lowest BCUT2D eigenvalue weighted by Crippen LogP contribution is -2.45. The largest absolute Gasteiger partial charge is 0.341 e. The van der Waals surface area contributed by atoms with Crippen LogP contribution in [0.15, 0.2) is 12.4 Å². The molecule has 104 valence electrons. The number of anilines is 1. The zero-order valence-electron chi connectivity index (χ0n) is 11.3. The van der Waals surface area contributed by atoms with Gasteiger partial charge in [0.05, 0.1) is 18.0 Å². The zero-order valence-corrected chi connectivity index (χ0v) is 11.3. The fourth-order valence-electron chi connectivity index (χ4n) is 2.97. The molecule has 0 saturated carbocycles. The van der Waals surface area contributed by atoms with E-state index >= 15 is 0 Å². The maximum absolute atomic E-state index is 11.8. The summed E-state index contributed by atoms with van der Waals surface area (Å²) in [5, 5.41) is 8.74. The summed E-state index contributed by atoms with van der Waals surface area (Å²) < 4.78 is 0. The minimum Gasteiger partial charge on any atom is -0.341 e. The smallest absolute Gasteiger partial charge is 0.225 e. The average Bonchev–Trinajstić information content (AvgIpc) is 2.94. The second-order valence-corrected chi connectivity index (χ2v) is 5.29. The van der Waals surface area contributed by atoms with E-state index in [2.05, 4.69) is 14.9 Å². The van der Waals surface area contributed by atoms with Crippen LogP contribution in [-0.4, -0.2) is 46.5 Å². The molecule has 1 aromatic heterocycles. The number of hydrogen-bond acceptors (Lipinski definition) is 5. The number of piperidine rings is 1. The first-order valence-electron chi connectivity index (χ1n) is 7.04. The van der Waals surface area contributed by atoms with Gasteiger partial charge in [-0.25, -0.2) is 9.97 Å². The van der Waals surface area contributed by atoms with Gasteiger partial charge in [-0.15, -0.1) is 0 Å². The molecule has 20 heavy (non-hydrogen) atoms. The molecule has 0 radical (unpaired) electrons. The molecule has 2 saturated heterocycles. The summed E-state index contributed by atoms with van der Waals surface area (Å²) in [6.45, 7) is 2.64. The lowest BCUT2D eigenvalue weighted by Gasteiger charge is -2.36.